The third-order valence-electron chi connectivity index (χ3n) is 6.54. The molecule has 0 spiro atoms. The van der Waals surface area contributed by atoms with Crippen LogP contribution < -0.4 is 5.32 Å². The minimum Gasteiger partial charge on any atom is -0.388 e. The molecule has 4 nitrogen and oxygen atoms in total. The average molecular weight is 340 g/mol. The molecule has 6 heteroatoms. The number of hydrogen-bond donors (Lipinski definition) is 2. The van der Waals surface area contributed by atoms with Crippen LogP contribution in [0.25, 0.3) is 0 Å². The summed E-state index contributed by atoms with van der Waals surface area (Å²) in [6, 6.07) is 0.127. The number of hydrogen-bond acceptors (Lipinski definition) is 4. The third-order valence-corrected chi connectivity index (χ3v) is 8.03. The third kappa shape index (κ3) is 2.36. The number of amides is 1. The lowest BCUT2D eigenvalue weighted by atomic mass is 9.53. The van der Waals surface area contributed by atoms with Crippen LogP contribution in [0, 0.1) is 17.8 Å². The molecule has 1 heterocycles. The smallest absolute Gasteiger partial charge is 0.245 e. The van der Waals surface area contributed by atoms with Gasteiger partial charge in [0.1, 0.15) is 10.4 Å². The summed E-state index contributed by atoms with van der Waals surface area (Å²) in [7, 11) is 0. The van der Waals surface area contributed by atoms with Crippen molar-refractivity contribution in [2.45, 2.75) is 74.9 Å². The molecule has 1 amide bonds. The van der Waals surface area contributed by atoms with Crippen LogP contribution in [-0.4, -0.2) is 38.2 Å². The van der Waals surface area contributed by atoms with Crippen molar-refractivity contribution in [2.24, 2.45) is 22.7 Å². The van der Waals surface area contributed by atoms with E-state index in [-0.39, 0.29) is 11.9 Å². The van der Waals surface area contributed by atoms with Crippen LogP contribution in [0.15, 0.2) is 4.99 Å². The first-order chi connectivity index (χ1) is 10.6. The van der Waals surface area contributed by atoms with Crippen molar-refractivity contribution in [3.05, 3.63) is 0 Å². The molecule has 4 bridgehead atoms. The Bertz CT molecular complexity index is 572. The molecular weight excluding hydrogens is 315 g/mol. The maximum absolute atomic E-state index is 14.8. The second-order valence-corrected chi connectivity index (χ2v) is 10.1. The Labute approximate surface area is 140 Å². The van der Waals surface area contributed by atoms with E-state index >= 15 is 0 Å². The van der Waals surface area contributed by atoms with Crippen molar-refractivity contribution < 1.29 is 14.3 Å². The topological polar surface area (TPSA) is 61.7 Å². The highest BCUT2D eigenvalue weighted by molar-refractivity contribution is 8.16. The van der Waals surface area contributed by atoms with E-state index in [0.29, 0.717) is 35.8 Å². The van der Waals surface area contributed by atoms with Crippen LogP contribution in [0.5, 0.6) is 0 Å². The van der Waals surface area contributed by atoms with Crippen molar-refractivity contribution >= 4 is 22.8 Å². The fourth-order valence-corrected chi connectivity index (χ4v) is 6.29. The second-order valence-electron chi connectivity index (χ2n) is 8.69. The van der Waals surface area contributed by atoms with E-state index in [1.54, 1.807) is 20.8 Å². The molecule has 3 atom stereocenters. The number of halogens is 1. The summed E-state index contributed by atoms with van der Waals surface area (Å²) in [6.45, 7) is 5.06. The number of aliphatic hydroxyl groups is 1. The summed E-state index contributed by atoms with van der Waals surface area (Å²) >= 11 is 1.32. The van der Waals surface area contributed by atoms with Gasteiger partial charge in [0.25, 0.3) is 0 Å². The molecule has 2 N–H and O–H groups in total. The summed E-state index contributed by atoms with van der Waals surface area (Å²) in [5.41, 5.74) is -2.09. The number of nitrogens with zero attached hydrogens (tertiary/aromatic N) is 1. The molecule has 5 fully saturated rings. The summed E-state index contributed by atoms with van der Waals surface area (Å²) < 4.78 is 13.8. The zero-order valence-electron chi connectivity index (χ0n) is 13.9. The Morgan fingerprint density at radius 3 is 2.39 bits per heavy atom. The predicted molar refractivity (Wildman–Crippen MR) is 89.1 cm³/mol. The van der Waals surface area contributed by atoms with Gasteiger partial charge < -0.3 is 10.4 Å². The van der Waals surface area contributed by atoms with Crippen LogP contribution in [0.1, 0.15) is 52.9 Å². The van der Waals surface area contributed by atoms with Crippen LogP contribution in [0.3, 0.4) is 0 Å². The molecule has 4 saturated carbocycles. The first-order valence-corrected chi connectivity index (χ1v) is 9.41. The molecule has 23 heavy (non-hydrogen) atoms. The van der Waals surface area contributed by atoms with Gasteiger partial charge in [-0.15, -0.1) is 0 Å². The lowest BCUT2D eigenvalue weighted by molar-refractivity contribution is -0.126. The summed E-state index contributed by atoms with van der Waals surface area (Å²) in [4.78, 5) is 17.2. The molecule has 5 rings (SSSR count). The minimum absolute atomic E-state index is 0.127. The van der Waals surface area contributed by atoms with Gasteiger partial charge in [-0.3, -0.25) is 9.79 Å². The standard InChI is InChI=1S/C17H25FN2O2S/c1-15(2,22)16(3)13(21)20-14(23-16)19-12-10-4-9-5-11(12)8-17(18,6-9)7-10/h9-12,22H,4-8H2,1-3H3,(H,19,20,21). The maximum Gasteiger partial charge on any atom is 0.245 e. The lowest BCUT2D eigenvalue weighted by Gasteiger charge is -2.55. The molecule has 3 unspecified atom stereocenters. The molecule has 4 aliphatic carbocycles. The van der Waals surface area contributed by atoms with Crippen molar-refractivity contribution in [3.8, 4) is 0 Å². The molecule has 128 valence electrons. The highest BCUT2D eigenvalue weighted by atomic mass is 32.2. The van der Waals surface area contributed by atoms with Crippen molar-refractivity contribution in [3.63, 3.8) is 0 Å². The first kappa shape index (κ1) is 15.9. The fourth-order valence-electron chi connectivity index (χ4n) is 5.19. The van der Waals surface area contributed by atoms with Gasteiger partial charge in [-0.05, 0) is 70.6 Å². The van der Waals surface area contributed by atoms with Crippen LogP contribution in [-0.2, 0) is 4.79 Å². The summed E-state index contributed by atoms with van der Waals surface area (Å²) in [6.07, 6.45) is 4.15. The fraction of sp³-hybridized carbons (Fsp3) is 0.882. The molecule has 0 aromatic heterocycles. The van der Waals surface area contributed by atoms with Gasteiger partial charge in [0.15, 0.2) is 5.17 Å². The van der Waals surface area contributed by atoms with Crippen LogP contribution in [0.2, 0.25) is 0 Å². The molecular formula is C17H25FN2O2S. The van der Waals surface area contributed by atoms with Gasteiger partial charge in [-0.25, -0.2) is 4.39 Å². The molecule has 0 radical (unpaired) electrons. The number of amidine groups is 1. The monoisotopic (exact) mass is 340 g/mol. The second kappa shape index (κ2) is 4.72. The number of aliphatic imine (C=N–C) groups is 1. The normalized spacial score (nSPS) is 50.7. The Morgan fingerprint density at radius 2 is 1.91 bits per heavy atom. The quantitative estimate of drug-likeness (QED) is 0.812. The number of rotatable bonds is 2. The van der Waals surface area contributed by atoms with Gasteiger partial charge in [-0.2, -0.15) is 0 Å². The van der Waals surface area contributed by atoms with Gasteiger partial charge in [0.2, 0.25) is 5.91 Å². The number of nitrogens with one attached hydrogen (secondary N) is 1. The average Bonchev–Trinajstić information content (AvgIpc) is 2.68. The van der Waals surface area contributed by atoms with Crippen LogP contribution in [0.4, 0.5) is 4.39 Å². The largest absolute Gasteiger partial charge is 0.388 e. The summed E-state index contributed by atoms with van der Waals surface area (Å²) in [5.74, 6) is 0.955. The SMILES string of the molecule is CC(C)(O)C1(C)SC(=NC2C3CC4CC2CC(F)(C4)C3)NC1=O. The number of carbonyl (C=O) groups excluding carboxylic acids is 1. The van der Waals surface area contributed by atoms with E-state index in [9.17, 15) is 14.3 Å². The van der Waals surface area contributed by atoms with Crippen molar-refractivity contribution in [2.75, 3.05) is 0 Å². The predicted octanol–water partition coefficient (Wildman–Crippen LogP) is 2.65. The van der Waals surface area contributed by atoms with E-state index in [1.807, 2.05) is 0 Å². The van der Waals surface area contributed by atoms with Gasteiger partial charge in [-0.1, -0.05) is 11.8 Å². The highest BCUT2D eigenvalue weighted by Crippen LogP contribution is 2.58. The Hall–Kier alpha value is -0.620. The zero-order valence-corrected chi connectivity index (χ0v) is 14.8. The lowest BCUT2D eigenvalue weighted by Crippen LogP contribution is -2.54. The van der Waals surface area contributed by atoms with E-state index in [4.69, 9.17) is 4.99 Å². The molecule has 5 aliphatic rings. The van der Waals surface area contributed by atoms with Gasteiger partial charge in [0, 0.05) is 0 Å². The van der Waals surface area contributed by atoms with E-state index in [0.717, 1.165) is 19.3 Å². The van der Waals surface area contributed by atoms with Crippen molar-refractivity contribution in [1.29, 1.82) is 0 Å². The molecule has 0 aromatic rings. The number of carbonyl (C=O) groups is 1. The van der Waals surface area contributed by atoms with E-state index < -0.39 is 16.0 Å². The molecule has 0 aromatic carbocycles. The Kier molecular flexibility index (Phi) is 3.26. The minimum atomic E-state index is -1.13. The first-order valence-electron chi connectivity index (χ1n) is 8.59. The molecule has 1 aliphatic heterocycles. The molecule has 1 saturated heterocycles. The highest BCUT2D eigenvalue weighted by Gasteiger charge is 2.57. The zero-order chi connectivity index (χ0) is 16.6. The van der Waals surface area contributed by atoms with E-state index in [2.05, 4.69) is 5.32 Å². The Balaban J connectivity index is 1.57. The Morgan fingerprint density at radius 1 is 1.30 bits per heavy atom. The number of thioether (sulfide) groups is 1. The van der Waals surface area contributed by atoms with Crippen molar-refractivity contribution in [1.82, 2.24) is 5.32 Å². The summed E-state index contributed by atoms with van der Waals surface area (Å²) in [5, 5.41) is 13.8. The van der Waals surface area contributed by atoms with E-state index in [1.165, 1.54) is 11.8 Å². The van der Waals surface area contributed by atoms with Gasteiger partial charge >= 0.3 is 0 Å². The van der Waals surface area contributed by atoms with Gasteiger partial charge in [0.05, 0.1) is 11.6 Å². The van der Waals surface area contributed by atoms with Crippen LogP contribution >= 0.6 is 11.8 Å². The number of alkyl halides is 1. The maximum atomic E-state index is 14.8.